The maximum Gasteiger partial charge on any atom is 0.195 e. The minimum absolute atomic E-state index is 0. The smallest absolute Gasteiger partial charge is 0.195 e. The van der Waals surface area contributed by atoms with Crippen molar-refractivity contribution in [1.82, 2.24) is 10.2 Å². The molecule has 2 N–H and O–H groups in total. The number of nitrogens with one attached hydrogen (secondary N) is 2. The van der Waals surface area contributed by atoms with Gasteiger partial charge in [-0.25, -0.2) is 0 Å². The lowest BCUT2D eigenvalue weighted by atomic mass is 10.0. The summed E-state index contributed by atoms with van der Waals surface area (Å²) in [6.45, 7) is 6.47. The first-order valence-corrected chi connectivity index (χ1v) is 10.9. The standard InChI is InChI=1S/C24H34N4O4.HI/c1-5-32-23-16-19(8-11-22(23)30-4)27-24(25-2)26-17-21(28-12-14-31-15-13-28)18-6-9-20(29-3)10-7-18;/h6-11,16,21H,5,12-15,17H2,1-4H3,(H2,25,26,27);1H. The molecular formula is C24H35IN4O4. The molecule has 1 atom stereocenters. The highest BCUT2D eigenvalue weighted by Gasteiger charge is 2.23. The molecule has 0 aromatic heterocycles. The van der Waals surface area contributed by atoms with E-state index in [4.69, 9.17) is 18.9 Å². The molecule has 2 aromatic carbocycles. The van der Waals surface area contributed by atoms with Gasteiger partial charge in [0.1, 0.15) is 5.75 Å². The topological polar surface area (TPSA) is 76.6 Å². The highest BCUT2D eigenvalue weighted by Crippen LogP contribution is 2.30. The molecule has 1 aliphatic rings. The molecule has 9 heteroatoms. The monoisotopic (exact) mass is 570 g/mol. The van der Waals surface area contributed by atoms with Gasteiger partial charge >= 0.3 is 0 Å². The highest BCUT2D eigenvalue weighted by atomic mass is 127. The molecule has 8 nitrogen and oxygen atoms in total. The van der Waals surface area contributed by atoms with Gasteiger partial charge in [0.05, 0.1) is 40.1 Å². The van der Waals surface area contributed by atoms with Crippen LogP contribution in [-0.4, -0.2) is 71.6 Å². The number of guanidine groups is 1. The zero-order valence-electron chi connectivity index (χ0n) is 19.8. The summed E-state index contributed by atoms with van der Waals surface area (Å²) in [5, 5.41) is 6.82. The van der Waals surface area contributed by atoms with Crippen LogP contribution in [0.3, 0.4) is 0 Å². The average Bonchev–Trinajstić information content (AvgIpc) is 2.85. The molecule has 0 spiro atoms. The molecule has 1 unspecified atom stereocenters. The van der Waals surface area contributed by atoms with Crippen LogP contribution < -0.4 is 24.8 Å². The van der Waals surface area contributed by atoms with E-state index in [-0.39, 0.29) is 30.0 Å². The van der Waals surface area contributed by atoms with Crippen molar-refractivity contribution in [2.75, 3.05) is 66.0 Å². The highest BCUT2D eigenvalue weighted by molar-refractivity contribution is 14.0. The fourth-order valence-corrected chi connectivity index (χ4v) is 3.70. The van der Waals surface area contributed by atoms with Gasteiger partial charge in [0, 0.05) is 38.4 Å². The lowest BCUT2D eigenvalue weighted by Crippen LogP contribution is -2.44. The minimum Gasteiger partial charge on any atom is -0.497 e. The van der Waals surface area contributed by atoms with Crippen molar-refractivity contribution in [2.45, 2.75) is 13.0 Å². The molecule has 0 saturated carbocycles. The summed E-state index contributed by atoms with van der Waals surface area (Å²) in [6.07, 6.45) is 0. The maximum absolute atomic E-state index is 5.68. The Hall–Kier alpha value is -2.24. The van der Waals surface area contributed by atoms with Gasteiger partial charge in [0.15, 0.2) is 17.5 Å². The minimum atomic E-state index is 0. The second-order valence-electron chi connectivity index (χ2n) is 7.31. The van der Waals surface area contributed by atoms with Crippen LogP contribution in [0.2, 0.25) is 0 Å². The Kier molecular flexibility index (Phi) is 11.6. The lowest BCUT2D eigenvalue weighted by Gasteiger charge is -2.35. The number of hydrogen-bond acceptors (Lipinski definition) is 6. The van der Waals surface area contributed by atoms with Gasteiger partial charge < -0.3 is 29.6 Å². The van der Waals surface area contributed by atoms with Crippen LogP contribution in [0.5, 0.6) is 17.2 Å². The van der Waals surface area contributed by atoms with E-state index in [1.165, 1.54) is 5.56 Å². The Morgan fingerprint density at radius 3 is 2.39 bits per heavy atom. The van der Waals surface area contributed by atoms with Gasteiger partial charge in [-0.3, -0.25) is 9.89 Å². The van der Waals surface area contributed by atoms with Crippen LogP contribution in [0, 0.1) is 0 Å². The van der Waals surface area contributed by atoms with Gasteiger partial charge in [0.2, 0.25) is 0 Å². The molecule has 2 aromatic rings. The molecule has 3 rings (SSSR count). The third kappa shape index (κ3) is 7.65. The number of morpholine rings is 1. The zero-order valence-corrected chi connectivity index (χ0v) is 22.1. The maximum atomic E-state index is 5.68. The fraction of sp³-hybridized carbons (Fsp3) is 0.458. The molecule has 0 bridgehead atoms. The third-order valence-electron chi connectivity index (χ3n) is 5.40. The normalized spacial score (nSPS) is 15.2. The number of hydrogen-bond donors (Lipinski definition) is 2. The molecular weight excluding hydrogens is 535 g/mol. The summed E-state index contributed by atoms with van der Waals surface area (Å²) in [7, 11) is 5.08. The average molecular weight is 570 g/mol. The van der Waals surface area contributed by atoms with Gasteiger partial charge in [-0.1, -0.05) is 12.1 Å². The number of methoxy groups -OCH3 is 2. The van der Waals surface area contributed by atoms with Crippen molar-refractivity contribution in [2.24, 2.45) is 4.99 Å². The Morgan fingerprint density at radius 2 is 1.79 bits per heavy atom. The summed E-state index contributed by atoms with van der Waals surface area (Å²) >= 11 is 0. The van der Waals surface area contributed by atoms with Gasteiger partial charge in [-0.15, -0.1) is 24.0 Å². The lowest BCUT2D eigenvalue weighted by molar-refractivity contribution is 0.0170. The van der Waals surface area contributed by atoms with Crippen molar-refractivity contribution in [3.05, 3.63) is 48.0 Å². The largest absolute Gasteiger partial charge is 0.497 e. The van der Waals surface area contributed by atoms with E-state index in [0.717, 1.165) is 37.7 Å². The van der Waals surface area contributed by atoms with Gasteiger partial charge in [0.25, 0.3) is 0 Å². The number of rotatable bonds is 9. The van der Waals surface area contributed by atoms with Crippen LogP contribution in [0.1, 0.15) is 18.5 Å². The quantitative estimate of drug-likeness (QED) is 0.270. The summed E-state index contributed by atoms with van der Waals surface area (Å²) in [4.78, 5) is 6.84. The number of benzene rings is 2. The molecule has 1 heterocycles. The van der Waals surface area contributed by atoms with Crippen LogP contribution in [0.25, 0.3) is 0 Å². The summed E-state index contributed by atoms with van der Waals surface area (Å²) in [5.41, 5.74) is 2.09. The van der Waals surface area contributed by atoms with E-state index in [0.29, 0.717) is 30.6 Å². The van der Waals surface area contributed by atoms with Crippen molar-refractivity contribution in [3.63, 3.8) is 0 Å². The van der Waals surface area contributed by atoms with E-state index in [9.17, 15) is 0 Å². The van der Waals surface area contributed by atoms with Crippen molar-refractivity contribution < 1.29 is 18.9 Å². The predicted molar refractivity (Wildman–Crippen MR) is 143 cm³/mol. The second-order valence-corrected chi connectivity index (χ2v) is 7.31. The van der Waals surface area contributed by atoms with Crippen molar-refractivity contribution >= 4 is 35.6 Å². The zero-order chi connectivity index (χ0) is 22.8. The number of halogens is 1. The summed E-state index contributed by atoms with van der Waals surface area (Å²) in [5.74, 6) is 2.93. The van der Waals surface area contributed by atoms with Gasteiger partial charge in [-0.2, -0.15) is 0 Å². The summed E-state index contributed by atoms with van der Waals surface area (Å²) in [6, 6.07) is 14.2. The molecule has 1 fully saturated rings. The van der Waals surface area contributed by atoms with Crippen LogP contribution in [-0.2, 0) is 4.74 Å². The Labute approximate surface area is 213 Å². The first kappa shape index (κ1) is 27.0. The van der Waals surface area contributed by atoms with Crippen LogP contribution in [0.15, 0.2) is 47.5 Å². The van der Waals surface area contributed by atoms with Crippen LogP contribution in [0.4, 0.5) is 5.69 Å². The number of anilines is 1. The predicted octanol–water partition coefficient (Wildman–Crippen LogP) is 3.78. The number of ether oxygens (including phenoxy) is 4. The first-order chi connectivity index (χ1) is 15.7. The first-order valence-electron chi connectivity index (χ1n) is 10.9. The Balaban J connectivity index is 0.00000385. The van der Waals surface area contributed by atoms with Crippen molar-refractivity contribution in [3.8, 4) is 17.2 Å². The molecule has 0 amide bonds. The second kappa shape index (κ2) is 14.1. The Morgan fingerprint density at radius 1 is 1.06 bits per heavy atom. The van der Waals surface area contributed by atoms with Crippen molar-refractivity contribution in [1.29, 1.82) is 0 Å². The number of aliphatic imine (C=N–C) groups is 1. The molecule has 0 radical (unpaired) electrons. The Bertz CT molecular complexity index is 873. The third-order valence-corrected chi connectivity index (χ3v) is 5.40. The van der Waals surface area contributed by atoms with E-state index in [2.05, 4.69) is 32.7 Å². The molecule has 1 saturated heterocycles. The van der Waals surface area contributed by atoms with E-state index in [1.807, 2.05) is 37.3 Å². The summed E-state index contributed by atoms with van der Waals surface area (Å²) < 4.78 is 21.9. The molecule has 33 heavy (non-hydrogen) atoms. The molecule has 1 aliphatic heterocycles. The van der Waals surface area contributed by atoms with Crippen LogP contribution >= 0.6 is 24.0 Å². The SMILES string of the molecule is CCOc1cc(NC(=NC)NCC(c2ccc(OC)cc2)N2CCOCC2)ccc1OC.I. The van der Waals surface area contributed by atoms with Gasteiger partial charge in [-0.05, 0) is 36.8 Å². The van der Waals surface area contributed by atoms with E-state index in [1.54, 1.807) is 21.3 Å². The van der Waals surface area contributed by atoms with E-state index >= 15 is 0 Å². The number of nitrogens with zero attached hydrogens (tertiary/aromatic N) is 2. The fourth-order valence-electron chi connectivity index (χ4n) is 3.70. The molecule has 182 valence electrons. The van der Waals surface area contributed by atoms with E-state index < -0.39 is 0 Å². The molecule has 0 aliphatic carbocycles.